The second-order valence-electron chi connectivity index (χ2n) is 4.21. The molecule has 4 N–H and O–H groups in total. The molecule has 10 nitrogen and oxygen atoms in total. The van der Waals surface area contributed by atoms with Gasteiger partial charge in [-0.15, -0.1) is 0 Å². The molecule has 0 aliphatic carbocycles. The normalized spacial score (nSPS) is 18.4. The number of imide groups is 1. The summed E-state index contributed by atoms with van der Waals surface area (Å²) in [6.07, 6.45) is 0. The van der Waals surface area contributed by atoms with Crippen LogP contribution in [0, 0.1) is 0 Å². The Hall–Kier alpha value is -2.65. The van der Waals surface area contributed by atoms with Crippen molar-refractivity contribution in [3.63, 3.8) is 0 Å². The van der Waals surface area contributed by atoms with E-state index < -0.39 is 55.4 Å². The third-order valence-corrected chi connectivity index (χ3v) is 2.61. The zero-order valence-corrected chi connectivity index (χ0v) is 10.7. The van der Waals surface area contributed by atoms with Crippen molar-refractivity contribution < 1.29 is 29.1 Å². The van der Waals surface area contributed by atoms with E-state index in [-0.39, 0.29) is 0 Å². The Bertz CT molecular complexity index is 460. The molecule has 1 aliphatic heterocycles. The molecular weight excluding hydrogens is 272 g/mol. The fourth-order valence-electron chi connectivity index (χ4n) is 1.67. The standard InChI is InChI=1S/C10H14N4O6/c1-5-9(19)12-7(16)3-14(5)10(20)13(2-6(11)15)4-8(17)18/h5H,2-4H2,1H3,(H2,11,15)(H,17,18)(H,12,16,19). The second kappa shape index (κ2) is 5.99. The van der Waals surface area contributed by atoms with Crippen LogP contribution in [0.25, 0.3) is 0 Å². The molecule has 5 amide bonds. The van der Waals surface area contributed by atoms with Crippen molar-refractivity contribution in [1.29, 1.82) is 0 Å². The van der Waals surface area contributed by atoms with Gasteiger partial charge in [-0.25, -0.2) is 4.79 Å². The Balaban J connectivity index is 2.91. The quantitative estimate of drug-likeness (QED) is 0.479. The van der Waals surface area contributed by atoms with E-state index in [2.05, 4.69) is 0 Å². The van der Waals surface area contributed by atoms with Crippen LogP contribution in [0.3, 0.4) is 0 Å². The van der Waals surface area contributed by atoms with E-state index in [1.54, 1.807) is 0 Å². The minimum atomic E-state index is -1.35. The van der Waals surface area contributed by atoms with Gasteiger partial charge >= 0.3 is 12.0 Å². The SMILES string of the molecule is CC1C(=O)NC(=O)CN1C(=O)N(CC(N)=O)CC(=O)O. The predicted octanol–water partition coefficient (Wildman–Crippen LogP) is -2.67. The van der Waals surface area contributed by atoms with Crippen LogP contribution in [0.4, 0.5) is 4.79 Å². The first-order valence-electron chi connectivity index (χ1n) is 5.61. The Morgan fingerprint density at radius 1 is 1.40 bits per heavy atom. The maximum Gasteiger partial charge on any atom is 0.323 e. The third kappa shape index (κ3) is 3.67. The van der Waals surface area contributed by atoms with Crippen LogP contribution in [-0.4, -0.2) is 70.3 Å². The van der Waals surface area contributed by atoms with Gasteiger partial charge in [0.1, 0.15) is 25.7 Å². The van der Waals surface area contributed by atoms with Gasteiger partial charge in [0.25, 0.3) is 0 Å². The second-order valence-corrected chi connectivity index (χ2v) is 4.21. The summed E-state index contributed by atoms with van der Waals surface area (Å²) < 4.78 is 0. The molecule has 0 radical (unpaired) electrons. The van der Waals surface area contributed by atoms with Gasteiger partial charge in [-0.05, 0) is 6.92 Å². The van der Waals surface area contributed by atoms with Crippen molar-refractivity contribution in [2.75, 3.05) is 19.6 Å². The molecule has 0 bridgehead atoms. The highest BCUT2D eigenvalue weighted by molar-refractivity contribution is 6.04. The number of amides is 5. The highest BCUT2D eigenvalue weighted by atomic mass is 16.4. The van der Waals surface area contributed by atoms with Crippen molar-refractivity contribution in [3.8, 4) is 0 Å². The highest BCUT2D eigenvalue weighted by Crippen LogP contribution is 2.09. The first-order chi connectivity index (χ1) is 9.22. The Labute approximate surface area is 113 Å². The summed E-state index contributed by atoms with van der Waals surface area (Å²) in [6, 6.07) is -1.87. The molecule has 10 heteroatoms. The number of nitrogens with zero attached hydrogens (tertiary/aromatic N) is 2. The van der Waals surface area contributed by atoms with Crippen molar-refractivity contribution >= 4 is 29.7 Å². The molecular formula is C10H14N4O6. The van der Waals surface area contributed by atoms with Gasteiger partial charge in [-0.3, -0.25) is 24.5 Å². The molecule has 0 saturated carbocycles. The fraction of sp³-hybridized carbons (Fsp3) is 0.500. The van der Waals surface area contributed by atoms with E-state index in [1.807, 2.05) is 5.32 Å². The lowest BCUT2D eigenvalue weighted by Gasteiger charge is -2.35. The van der Waals surface area contributed by atoms with Crippen LogP contribution in [0.15, 0.2) is 0 Å². The van der Waals surface area contributed by atoms with Gasteiger partial charge in [0.05, 0.1) is 0 Å². The minimum absolute atomic E-state index is 0.402. The van der Waals surface area contributed by atoms with E-state index in [4.69, 9.17) is 10.8 Å². The number of hydrogen-bond donors (Lipinski definition) is 3. The zero-order valence-electron chi connectivity index (χ0n) is 10.7. The number of carbonyl (C=O) groups excluding carboxylic acids is 4. The number of nitrogens with two attached hydrogens (primary N) is 1. The summed E-state index contributed by atoms with van der Waals surface area (Å²) in [5.74, 6) is -3.61. The molecule has 1 aliphatic rings. The molecule has 1 rings (SSSR count). The number of carboxylic acids is 1. The summed E-state index contributed by atoms with van der Waals surface area (Å²) in [5, 5.41) is 10.7. The summed E-state index contributed by atoms with van der Waals surface area (Å²) in [7, 11) is 0. The van der Waals surface area contributed by atoms with E-state index in [1.165, 1.54) is 6.92 Å². The zero-order chi connectivity index (χ0) is 15.4. The Morgan fingerprint density at radius 3 is 2.50 bits per heavy atom. The number of carbonyl (C=O) groups is 5. The minimum Gasteiger partial charge on any atom is -0.480 e. The van der Waals surface area contributed by atoms with Crippen LogP contribution in [0.5, 0.6) is 0 Å². The molecule has 110 valence electrons. The van der Waals surface area contributed by atoms with Gasteiger partial charge in [0.15, 0.2) is 0 Å². The van der Waals surface area contributed by atoms with E-state index >= 15 is 0 Å². The van der Waals surface area contributed by atoms with Crippen LogP contribution in [-0.2, 0) is 19.2 Å². The predicted molar refractivity (Wildman–Crippen MR) is 63.1 cm³/mol. The maximum absolute atomic E-state index is 12.1. The maximum atomic E-state index is 12.1. The molecule has 0 aromatic heterocycles. The summed E-state index contributed by atoms with van der Waals surface area (Å²) >= 11 is 0. The number of piperazine rings is 1. The van der Waals surface area contributed by atoms with Crippen molar-refractivity contribution in [1.82, 2.24) is 15.1 Å². The molecule has 1 unspecified atom stereocenters. The molecule has 1 fully saturated rings. The van der Waals surface area contributed by atoms with Gasteiger partial charge < -0.3 is 20.6 Å². The lowest BCUT2D eigenvalue weighted by Crippen LogP contribution is -2.62. The summed E-state index contributed by atoms with van der Waals surface area (Å²) in [5.41, 5.74) is 4.94. The van der Waals surface area contributed by atoms with E-state index in [0.29, 0.717) is 4.90 Å². The smallest absolute Gasteiger partial charge is 0.323 e. The molecule has 20 heavy (non-hydrogen) atoms. The van der Waals surface area contributed by atoms with Crippen LogP contribution in [0.2, 0.25) is 0 Å². The first kappa shape index (κ1) is 15.4. The lowest BCUT2D eigenvalue weighted by atomic mass is 10.2. The molecule has 0 aromatic rings. The number of rotatable bonds is 4. The van der Waals surface area contributed by atoms with Gasteiger partial charge in [-0.1, -0.05) is 0 Å². The van der Waals surface area contributed by atoms with E-state index in [0.717, 1.165) is 4.90 Å². The number of primary amides is 1. The number of nitrogens with one attached hydrogen (secondary N) is 1. The molecule has 1 heterocycles. The Kier molecular flexibility index (Phi) is 4.62. The molecule has 1 saturated heterocycles. The van der Waals surface area contributed by atoms with Crippen LogP contribution in [0.1, 0.15) is 6.92 Å². The third-order valence-electron chi connectivity index (χ3n) is 2.61. The average Bonchev–Trinajstić information content (AvgIpc) is 2.30. The van der Waals surface area contributed by atoms with Crippen LogP contribution < -0.4 is 11.1 Å². The van der Waals surface area contributed by atoms with Crippen molar-refractivity contribution in [2.45, 2.75) is 13.0 Å². The molecule has 0 spiro atoms. The van der Waals surface area contributed by atoms with Crippen molar-refractivity contribution in [2.24, 2.45) is 5.73 Å². The number of hydrogen-bond acceptors (Lipinski definition) is 5. The van der Waals surface area contributed by atoms with Gasteiger partial charge in [0, 0.05) is 0 Å². The summed E-state index contributed by atoms with van der Waals surface area (Å²) in [4.78, 5) is 57.9. The number of aliphatic carboxylic acids is 1. The Morgan fingerprint density at radius 2 is 2.00 bits per heavy atom. The summed E-state index contributed by atoms with van der Waals surface area (Å²) in [6.45, 7) is -0.408. The number of urea groups is 1. The largest absolute Gasteiger partial charge is 0.480 e. The highest BCUT2D eigenvalue weighted by Gasteiger charge is 2.36. The first-order valence-corrected chi connectivity index (χ1v) is 5.61. The molecule has 0 aromatic carbocycles. The van der Waals surface area contributed by atoms with Crippen LogP contribution >= 0.6 is 0 Å². The van der Waals surface area contributed by atoms with Gasteiger partial charge in [-0.2, -0.15) is 0 Å². The topological polar surface area (TPSA) is 150 Å². The van der Waals surface area contributed by atoms with Gasteiger partial charge in [0.2, 0.25) is 17.7 Å². The lowest BCUT2D eigenvalue weighted by molar-refractivity contribution is -0.138. The average molecular weight is 286 g/mol. The monoisotopic (exact) mass is 286 g/mol. The number of carboxylic acid groups (broad SMARTS) is 1. The van der Waals surface area contributed by atoms with Crippen molar-refractivity contribution in [3.05, 3.63) is 0 Å². The fourth-order valence-corrected chi connectivity index (χ4v) is 1.67. The van der Waals surface area contributed by atoms with E-state index in [9.17, 15) is 24.0 Å². The molecule has 1 atom stereocenters.